The highest BCUT2D eigenvalue weighted by Gasteiger charge is 2.17. The van der Waals surface area contributed by atoms with Crippen LogP contribution in [0.4, 0.5) is 0 Å². The number of aryl methyl sites for hydroxylation is 1. The molecule has 4 nitrogen and oxygen atoms in total. The molecular weight excluding hydrogens is 218 g/mol. The number of phenolic OH excluding ortho intramolecular Hbond substituents is 1. The summed E-state index contributed by atoms with van der Waals surface area (Å²) in [5.41, 5.74) is 1.23. The predicted molar refractivity (Wildman–Crippen MR) is 66.1 cm³/mol. The first-order valence-electron chi connectivity index (χ1n) is 5.80. The number of carbonyl (C=O) groups is 1. The second-order valence-electron chi connectivity index (χ2n) is 3.98. The predicted octanol–water partition coefficient (Wildman–Crippen LogP) is 1.55. The number of benzene rings is 1. The first kappa shape index (κ1) is 13.5. The highest BCUT2D eigenvalue weighted by atomic mass is 16.3. The second kappa shape index (κ2) is 6.25. The standard InChI is InChI=1S/C13H19NO3/c1-3-14(7-4-8-15)13(17)11-6-5-10(2)9-12(11)16/h5-6,9,15-16H,3-4,7-8H2,1-2H3. The van der Waals surface area contributed by atoms with Crippen LogP contribution in [-0.2, 0) is 0 Å². The molecule has 0 unspecified atom stereocenters. The van der Waals surface area contributed by atoms with Gasteiger partial charge in [-0.15, -0.1) is 0 Å². The summed E-state index contributed by atoms with van der Waals surface area (Å²) in [6.07, 6.45) is 0.548. The molecule has 2 N–H and O–H groups in total. The molecule has 0 bridgehead atoms. The Morgan fingerprint density at radius 2 is 2.12 bits per heavy atom. The van der Waals surface area contributed by atoms with Gasteiger partial charge >= 0.3 is 0 Å². The number of amides is 1. The average molecular weight is 237 g/mol. The van der Waals surface area contributed by atoms with Crippen molar-refractivity contribution in [2.24, 2.45) is 0 Å². The molecule has 17 heavy (non-hydrogen) atoms. The number of carbonyl (C=O) groups excluding carboxylic acids is 1. The monoisotopic (exact) mass is 237 g/mol. The lowest BCUT2D eigenvalue weighted by Gasteiger charge is -2.21. The maximum absolute atomic E-state index is 12.1. The SMILES string of the molecule is CCN(CCCO)C(=O)c1ccc(C)cc1O. The molecule has 0 spiro atoms. The molecule has 0 saturated heterocycles. The number of aliphatic hydroxyl groups is 1. The van der Waals surface area contributed by atoms with Gasteiger partial charge in [-0.2, -0.15) is 0 Å². The van der Waals surface area contributed by atoms with E-state index in [9.17, 15) is 9.90 Å². The normalized spacial score (nSPS) is 10.3. The fourth-order valence-corrected chi connectivity index (χ4v) is 1.66. The molecule has 1 aromatic carbocycles. The van der Waals surface area contributed by atoms with Crippen molar-refractivity contribution in [1.29, 1.82) is 0 Å². The second-order valence-corrected chi connectivity index (χ2v) is 3.98. The highest BCUT2D eigenvalue weighted by Crippen LogP contribution is 2.20. The van der Waals surface area contributed by atoms with Crippen LogP contribution in [0.1, 0.15) is 29.3 Å². The van der Waals surface area contributed by atoms with Crippen LogP contribution in [-0.4, -0.2) is 40.7 Å². The van der Waals surface area contributed by atoms with Gasteiger partial charge in [-0.05, 0) is 38.0 Å². The zero-order valence-corrected chi connectivity index (χ0v) is 10.3. The Bertz CT molecular complexity index is 390. The lowest BCUT2D eigenvalue weighted by Crippen LogP contribution is -2.32. The van der Waals surface area contributed by atoms with Crippen molar-refractivity contribution in [3.05, 3.63) is 29.3 Å². The highest BCUT2D eigenvalue weighted by molar-refractivity contribution is 5.96. The Balaban J connectivity index is 2.86. The molecule has 0 fully saturated rings. The van der Waals surface area contributed by atoms with E-state index in [0.29, 0.717) is 25.1 Å². The minimum atomic E-state index is -0.196. The van der Waals surface area contributed by atoms with Crippen LogP contribution in [0.25, 0.3) is 0 Å². The van der Waals surface area contributed by atoms with E-state index in [2.05, 4.69) is 0 Å². The average Bonchev–Trinajstić information content (AvgIpc) is 2.29. The summed E-state index contributed by atoms with van der Waals surface area (Å²) in [5.74, 6) is -0.184. The number of rotatable bonds is 5. The van der Waals surface area contributed by atoms with Gasteiger partial charge in [0.05, 0.1) is 5.56 Å². The van der Waals surface area contributed by atoms with Crippen LogP contribution in [0.3, 0.4) is 0 Å². The summed E-state index contributed by atoms with van der Waals surface area (Å²) >= 11 is 0. The Morgan fingerprint density at radius 1 is 1.41 bits per heavy atom. The van der Waals surface area contributed by atoms with Crippen molar-refractivity contribution in [3.63, 3.8) is 0 Å². The van der Waals surface area contributed by atoms with Gasteiger partial charge in [-0.3, -0.25) is 4.79 Å². The number of hydrogen-bond donors (Lipinski definition) is 2. The van der Waals surface area contributed by atoms with Gasteiger partial charge in [0, 0.05) is 19.7 Å². The van der Waals surface area contributed by atoms with E-state index in [0.717, 1.165) is 5.56 Å². The smallest absolute Gasteiger partial charge is 0.257 e. The fourth-order valence-electron chi connectivity index (χ4n) is 1.66. The zero-order valence-electron chi connectivity index (χ0n) is 10.3. The number of nitrogens with zero attached hydrogens (tertiary/aromatic N) is 1. The van der Waals surface area contributed by atoms with Crippen LogP contribution in [0.15, 0.2) is 18.2 Å². The van der Waals surface area contributed by atoms with Gasteiger partial charge in [0.25, 0.3) is 5.91 Å². The van der Waals surface area contributed by atoms with Gasteiger partial charge in [0.1, 0.15) is 5.75 Å². The van der Waals surface area contributed by atoms with E-state index in [1.807, 2.05) is 13.8 Å². The summed E-state index contributed by atoms with van der Waals surface area (Å²) in [6, 6.07) is 5.01. The van der Waals surface area contributed by atoms with E-state index in [1.54, 1.807) is 23.1 Å². The van der Waals surface area contributed by atoms with Crippen molar-refractivity contribution >= 4 is 5.91 Å². The van der Waals surface area contributed by atoms with Crippen LogP contribution in [0, 0.1) is 6.92 Å². The van der Waals surface area contributed by atoms with E-state index in [1.165, 1.54) is 0 Å². The number of phenols is 1. The van der Waals surface area contributed by atoms with Crippen molar-refractivity contribution in [3.8, 4) is 5.75 Å². The van der Waals surface area contributed by atoms with Crippen LogP contribution >= 0.6 is 0 Å². The summed E-state index contributed by atoms with van der Waals surface area (Å²) in [7, 11) is 0. The lowest BCUT2D eigenvalue weighted by molar-refractivity contribution is 0.0751. The van der Waals surface area contributed by atoms with Gasteiger partial charge in [0.15, 0.2) is 0 Å². The van der Waals surface area contributed by atoms with Crippen molar-refractivity contribution in [2.45, 2.75) is 20.3 Å². The van der Waals surface area contributed by atoms with Crippen LogP contribution in [0.5, 0.6) is 5.75 Å². The maximum atomic E-state index is 12.1. The zero-order chi connectivity index (χ0) is 12.8. The fraction of sp³-hybridized carbons (Fsp3) is 0.462. The summed E-state index contributed by atoms with van der Waals surface area (Å²) < 4.78 is 0. The first-order chi connectivity index (χ1) is 8.10. The van der Waals surface area contributed by atoms with Gasteiger partial charge in [-0.1, -0.05) is 6.07 Å². The van der Waals surface area contributed by atoms with Crippen molar-refractivity contribution in [2.75, 3.05) is 19.7 Å². The quantitative estimate of drug-likeness (QED) is 0.816. The summed E-state index contributed by atoms with van der Waals surface area (Å²) in [6.45, 7) is 4.85. The number of aliphatic hydroxyl groups excluding tert-OH is 1. The Labute approximate surface area is 101 Å². The topological polar surface area (TPSA) is 60.8 Å². The Hall–Kier alpha value is -1.55. The van der Waals surface area contributed by atoms with E-state index in [-0.39, 0.29) is 18.3 Å². The summed E-state index contributed by atoms with van der Waals surface area (Å²) in [5, 5.41) is 18.5. The van der Waals surface area contributed by atoms with E-state index < -0.39 is 0 Å². The molecule has 0 aromatic heterocycles. The van der Waals surface area contributed by atoms with Crippen LogP contribution < -0.4 is 0 Å². The summed E-state index contributed by atoms with van der Waals surface area (Å²) in [4.78, 5) is 13.7. The third kappa shape index (κ3) is 3.46. The molecule has 0 radical (unpaired) electrons. The van der Waals surface area contributed by atoms with Gasteiger partial charge < -0.3 is 15.1 Å². The third-order valence-corrected chi connectivity index (χ3v) is 2.64. The maximum Gasteiger partial charge on any atom is 0.257 e. The molecule has 0 atom stereocenters. The molecule has 0 aliphatic heterocycles. The Morgan fingerprint density at radius 3 is 2.65 bits per heavy atom. The van der Waals surface area contributed by atoms with Crippen LogP contribution in [0.2, 0.25) is 0 Å². The molecule has 1 aromatic rings. The van der Waals surface area contributed by atoms with Crippen molar-refractivity contribution < 1.29 is 15.0 Å². The van der Waals surface area contributed by atoms with Gasteiger partial charge in [0.2, 0.25) is 0 Å². The minimum Gasteiger partial charge on any atom is -0.507 e. The van der Waals surface area contributed by atoms with Gasteiger partial charge in [-0.25, -0.2) is 0 Å². The molecular formula is C13H19NO3. The molecule has 0 saturated carbocycles. The minimum absolute atomic E-state index is 0.0115. The lowest BCUT2D eigenvalue weighted by atomic mass is 10.1. The molecule has 1 amide bonds. The molecule has 0 aliphatic rings. The number of hydrogen-bond acceptors (Lipinski definition) is 3. The molecule has 4 heteroatoms. The molecule has 0 heterocycles. The number of aromatic hydroxyl groups is 1. The molecule has 1 rings (SSSR count). The van der Waals surface area contributed by atoms with Crippen molar-refractivity contribution in [1.82, 2.24) is 4.90 Å². The molecule has 94 valence electrons. The molecule has 0 aliphatic carbocycles. The van der Waals surface area contributed by atoms with E-state index >= 15 is 0 Å². The Kier molecular flexibility index (Phi) is 4.97. The largest absolute Gasteiger partial charge is 0.507 e. The van der Waals surface area contributed by atoms with E-state index in [4.69, 9.17) is 5.11 Å². The third-order valence-electron chi connectivity index (χ3n) is 2.64. The first-order valence-corrected chi connectivity index (χ1v) is 5.80.